The van der Waals surface area contributed by atoms with Gasteiger partial charge in [-0.15, -0.1) is 5.06 Å². The van der Waals surface area contributed by atoms with Crippen molar-refractivity contribution in [2.24, 2.45) is 5.10 Å². The summed E-state index contributed by atoms with van der Waals surface area (Å²) < 4.78 is -1.36. The van der Waals surface area contributed by atoms with E-state index in [1.165, 1.54) is 48.0 Å². The van der Waals surface area contributed by atoms with E-state index in [0.717, 1.165) is 18.4 Å². The van der Waals surface area contributed by atoms with Crippen molar-refractivity contribution in [2.75, 3.05) is 5.06 Å². The van der Waals surface area contributed by atoms with Gasteiger partial charge in [-0.2, -0.15) is 4.76 Å². The number of amidine groups is 1. The van der Waals surface area contributed by atoms with Crippen LogP contribution in [-0.2, 0) is 15.6 Å². The van der Waals surface area contributed by atoms with Crippen LogP contribution >= 0.6 is 34.8 Å². The Morgan fingerprint density at radius 1 is 0.956 bits per heavy atom. The number of nitrogens with zero attached hydrogens (tertiary/aromatic N) is 3. The standard InChI is InChI=1S/C34H37Cl3N4O4/c1-8-33(4,5)23-13-14-29(26(18-23)34(6,7)9-2)45-40(21(3)42)25-12-10-11-22(17-25)32(43)38-30-15-16-41(44,39-30)31-27(36)19-24(35)20-28(31)37/h10-20H,8-9H2,1-7H3,(H,38,39,43). The third kappa shape index (κ3) is 7.37. The maximum absolute atomic E-state index is 13.4. The normalized spacial score (nSPS) is 16.4. The third-order valence-electron chi connectivity index (χ3n) is 8.31. The highest BCUT2D eigenvalue weighted by Gasteiger charge is 2.32. The fourth-order valence-corrected chi connectivity index (χ4v) is 5.80. The molecule has 238 valence electrons. The van der Waals surface area contributed by atoms with Crippen molar-refractivity contribution < 1.29 is 14.4 Å². The Hall–Kier alpha value is -3.40. The molecular formula is C34H37Cl3N4O4. The summed E-state index contributed by atoms with van der Waals surface area (Å²) in [6.07, 6.45) is 4.38. The molecule has 0 aromatic heterocycles. The number of hydroxylamine groups is 2. The molecule has 1 N–H and O–H groups in total. The molecule has 4 rings (SSSR count). The lowest BCUT2D eigenvalue weighted by Crippen LogP contribution is -2.34. The second kappa shape index (κ2) is 13.1. The number of hydrogen-bond acceptors (Lipinski definition) is 5. The predicted octanol–water partition coefficient (Wildman–Crippen LogP) is 9.44. The Bertz CT molecular complexity index is 1680. The van der Waals surface area contributed by atoms with Crippen LogP contribution in [0.15, 0.2) is 72.0 Å². The van der Waals surface area contributed by atoms with Crippen molar-refractivity contribution in [3.63, 3.8) is 0 Å². The molecule has 3 aromatic rings. The molecule has 1 atom stereocenters. The van der Waals surface area contributed by atoms with E-state index < -0.39 is 10.7 Å². The minimum absolute atomic E-state index is 0.00342. The minimum Gasteiger partial charge on any atom is -0.594 e. The molecule has 11 heteroatoms. The quantitative estimate of drug-likeness (QED) is 0.139. The molecule has 0 fully saturated rings. The van der Waals surface area contributed by atoms with Gasteiger partial charge in [-0.05, 0) is 65.6 Å². The number of quaternary nitrogens is 1. The summed E-state index contributed by atoms with van der Waals surface area (Å²) in [6, 6.07) is 15.3. The van der Waals surface area contributed by atoms with E-state index in [0.29, 0.717) is 11.4 Å². The van der Waals surface area contributed by atoms with Gasteiger partial charge >= 0.3 is 0 Å². The summed E-state index contributed by atoms with van der Waals surface area (Å²) in [7, 11) is 0. The van der Waals surface area contributed by atoms with Crippen LogP contribution in [0.2, 0.25) is 15.1 Å². The maximum atomic E-state index is 13.4. The zero-order chi connectivity index (χ0) is 33.3. The molecular weight excluding hydrogens is 635 g/mol. The molecule has 0 bridgehead atoms. The molecule has 1 aliphatic rings. The Kier molecular flexibility index (Phi) is 10.1. The molecule has 0 spiro atoms. The first-order chi connectivity index (χ1) is 21.0. The SMILES string of the molecule is CCC(C)(C)c1ccc(ON(C(C)=O)c2cccc(C(=O)NC3=N[N+]([O-])(c4c(Cl)cc(Cl)cc4Cl)C=C3)c2)c(C(C)(C)CC)c1. The van der Waals surface area contributed by atoms with E-state index >= 15 is 0 Å². The summed E-state index contributed by atoms with van der Waals surface area (Å²) in [5, 5.41) is 21.6. The first-order valence-electron chi connectivity index (χ1n) is 14.6. The second-order valence-corrected chi connectivity index (χ2v) is 13.5. The molecule has 1 heterocycles. The zero-order valence-electron chi connectivity index (χ0n) is 26.4. The van der Waals surface area contributed by atoms with Crippen molar-refractivity contribution in [3.05, 3.63) is 104 Å². The Labute approximate surface area is 279 Å². The smallest absolute Gasteiger partial charge is 0.257 e. The lowest BCUT2D eigenvalue weighted by Gasteiger charge is -2.32. The van der Waals surface area contributed by atoms with Crippen LogP contribution in [-0.4, -0.2) is 17.6 Å². The highest BCUT2D eigenvalue weighted by atomic mass is 35.5. The van der Waals surface area contributed by atoms with Crippen molar-refractivity contribution in [1.82, 2.24) is 10.1 Å². The monoisotopic (exact) mass is 670 g/mol. The number of benzene rings is 3. The van der Waals surface area contributed by atoms with Gasteiger partial charge in [0.15, 0.2) is 11.6 Å². The van der Waals surface area contributed by atoms with E-state index in [1.807, 2.05) is 12.1 Å². The van der Waals surface area contributed by atoms with Gasteiger partial charge in [0.1, 0.15) is 16.2 Å². The molecule has 0 saturated heterocycles. The number of carbonyl (C=O) groups excluding carboxylic acids is 2. The molecule has 1 unspecified atom stereocenters. The van der Waals surface area contributed by atoms with Gasteiger partial charge in [0, 0.05) is 29.1 Å². The predicted molar refractivity (Wildman–Crippen MR) is 184 cm³/mol. The van der Waals surface area contributed by atoms with Gasteiger partial charge in [-0.3, -0.25) is 9.59 Å². The van der Waals surface area contributed by atoms with Crippen molar-refractivity contribution in [1.29, 1.82) is 0 Å². The first kappa shape index (κ1) is 34.5. The third-order valence-corrected chi connectivity index (χ3v) is 9.11. The van der Waals surface area contributed by atoms with Crippen molar-refractivity contribution in [2.45, 2.75) is 72.1 Å². The number of hydrogen-bond donors (Lipinski definition) is 1. The Balaban J connectivity index is 1.62. The highest BCUT2D eigenvalue weighted by Crippen LogP contribution is 2.42. The van der Waals surface area contributed by atoms with E-state index in [-0.39, 0.29) is 48.9 Å². The van der Waals surface area contributed by atoms with Crippen LogP contribution in [0.25, 0.3) is 0 Å². The van der Waals surface area contributed by atoms with Crippen LogP contribution in [0.5, 0.6) is 5.75 Å². The van der Waals surface area contributed by atoms with Gasteiger partial charge in [0.2, 0.25) is 5.69 Å². The number of halogens is 3. The molecule has 0 saturated carbocycles. The fourth-order valence-electron chi connectivity index (χ4n) is 4.74. The van der Waals surface area contributed by atoms with Gasteiger partial charge in [0.05, 0.1) is 5.69 Å². The summed E-state index contributed by atoms with van der Waals surface area (Å²) in [5.74, 6) is -0.371. The van der Waals surface area contributed by atoms with Gasteiger partial charge in [0.25, 0.3) is 11.8 Å². The lowest BCUT2D eigenvalue weighted by atomic mass is 9.76. The average molecular weight is 672 g/mol. The first-order valence-corrected chi connectivity index (χ1v) is 15.7. The van der Waals surface area contributed by atoms with E-state index in [4.69, 9.17) is 39.6 Å². The molecule has 3 aromatic carbocycles. The largest absolute Gasteiger partial charge is 0.594 e. The molecule has 8 nitrogen and oxygen atoms in total. The van der Waals surface area contributed by atoms with E-state index in [1.54, 1.807) is 18.2 Å². The van der Waals surface area contributed by atoms with E-state index in [2.05, 4.69) is 58.0 Å². The second-order valence-electron chi connectivity index (χ2n) is 12.2. The lowest BCUT2D eigenvalue weighted by molar-refractivity contribution is -0.120. The molecule has 0 radical (unpaired) electrons. The molecule has 2 amide bonds. The Morgan fingerprint density at radius 2 is 1.60 bits per heavy atom. The summed E-state index contributed by atoms with van der Waals surface area (Å²) in [5.41, 5.74) is 2.44. The topological polar surface area (TPSA) is 94.1 Å². The van der Waals surface area contributed by atoms with Crippen LogP contribution in [0, 0.1) is 5.21 Å². The molecule has 1 aliphatic heterocycles. The number of nitrogens with one attached hydrogen (secondary N) is 1. The van der Waals surface area contributed by atoms with Crippen LogP contribution in [0.4, 0.5) is 11.4 Å². The highest BCUT2D eigenvalue weighted by molar-refractivity contribution is 6.41. The summed E-state index contributed by atoms with van der Waals surface area (Å²) in [4.78, 5) is 32.5. The van der Waals surface area contributed by atoms with Gasteiger partial charge < -0.3 is 15.4 Å². The fraction of sp³-hybridized carbons (Fsp3) is 0.324. The Morgan fingerprint density at radius 3 is 2.20 bits per heavy atom. The van der Waals surface area contributed by atoms with Crippen LogP contribution < -0.4 is 20.0 Å². The van der Waals surface area contributed by atoms with Crippen LogP contribution in [0.1, 0.15) is 82.8 Å². The van der Waals surface area contributed by atoms with Crippen molar-refractivity contribution in [3.8, 4) is 5.75 Å². The number of anilines is 1. The number of rotatable bonds is 9. The van der Waals surface area contributed by atoms with Gasteiger partial charge in [-0.1, -0.05) is 99.6 Å². The number of amides is 2. The zero-order valence-corrected chi connectivity index (χ0v) is 28.6. The summed E-state index contributed by atoms with van der Waals surface area (Å²) in [6.45, 7) is 14.4. The van der Waals surface area contributed by atoms with Crippen LogP contribution in [0.3, 0.4) is 0 Å². The molecule has 45 heavy (non-hydrogen) atoms. The summed E-state index contributed by atoms with van der Waals surface area (Å²) >= 11 is 18.5. The van der Waals surface area contributed by atoms with E-state index in [9.17, 15) is 14.8 Å². The number of carbonyl (C=O) groups is 2. The average Bonchev–Trinajstić information content (AvgIpc) is 3.35. The maximum Gasteiger partial charge on any atom is 0.257 e. The van der Waals surface area contributed by atoms with Gasteiger partial charge in [-0.25, -0.2) is 0 Å². The minimum atomic E-state index is -1.36. The van der Waals surface area contributed by atoms with Crippen molar-refractivity contribution >= 4 is 63.8 Å². The molecule has 0 aliphatic carbocycles.